The molecule has 0 spiro atoms. The number of rotatable bonds is 6. The third kappa shape index (κ3) is 4.13. The van der Waals surface area contributed by atoms with Crippen molar-refractivity contribution in [2.24, 2.45) is 0 Å². The Morgan fingerprint density at radius 1 is 1.15 bits per heavy atom. The van der Waals surface area contributed by atoms with Gasteiger partial charge in [0.05, 0.1) is 12.6 Å². The molecule has 33 heavy (non-hydrogen) atoms. The summed E-state index contributed by atoms with van der Waals surface area (Å²) in [6.45, 7) is -0.00754. The number of halogens is 1. The molecular weight excluding hydrogens is 449 g/mol. The fraction of sp³-hybridized carbons (Fsp3) is 0.261. The van der Waals surface area contributed by atoms with E-state index in [4.69, 9.17) is 9.47 Å². The minimum Gasteiger partial charge on any atom is -0.454 e. The van der Waals surface area contributed by atoms with Crippen LogP contribution in [-0.2, 0) is 22.7 Å². The molecule has 2 atom stereocenters. The lowest BCUT2D eigenvalue weighted by Gasteiger charge is -2.41. The number of thioether (sulfide) groups is 1. The normalized spacial score (nSPS) is 20.9. The van der Waals surface area contributed by atoms with E-state index in [2.05, 4.69) is 5.32 Å². The number of hydrogen-bond donors (Lipinski definition) is 1. The molecule has 3 aliphatic rings. The molecule has 5 rings (SSSR count). The van der Waals surface area contributed by atoms with Crippen LogP contribution in [0.4, 0.5) is 9.18 Å². The van der Waals surface area contributed by atoms with E-state index in [1.807, 2.05) is 6.07 Å². The van der Waals surface area contributed by atoms with Crippen LogP contribution in [0.1, 0.15) is 11.1 Å². The van der Waals surface area contributed by atoms with Gasteiger partial charge in [-0.25, -0.2) is 9.18 Å². The second kappa shape index (κ2) is 8.78. The van der Waals surface area contributed by atoms with Gasteiger partial charge in [0.15, 0.2) is 11.5 Å². The third-order valence-electron chi connectivity index (χ3n) is 5.68. The van der Waals surface area contributed by atoms with Gasteiger partial charge in [-0.1, -0.05) is 30.3 Å². The smallest absolute Gasteiger partial charge is 0.328 e. The Balaban J connectivity index is 1.28. The summed E-state index contributed by atoms with van der Waals surface area (Å²) in [4.78, 5) is 41.2. The Morgan fingerprint density at radius 2 is 1.97 bits per heavy atom. The van der Waals surface area contributed by atoms with Crippen molar-refractivity contribution >= 4 is 29.6 Å². The Hall–Kier alpha value is -3.53. The Bertz CT molecular complexity index is 1160. The molecule has 0 bridgehead atoms. The molecule has 1 saturated heterocycles. The van der Waals surface area contributed by atoms with E-state index >= 15 is 0 Å². The van der Waals surface area contributed by atoms with Gasteiger partial charge in [-0.2, -0.15) is 0 Å². The molecule has 10 heteroatoms. The highest BCUT2D eigenvalue weighted by atomic mass is 32.2. The molecule has 1 fully saturated rings. The van der Waals surface area contributed by atoms with Crippen molar-refractivity contribution < 1.29 is 28.2 Å². The van der Waals surface area contributed by atoms with Crippen LogP contribution in [0.25, 0.3) is 0 Å². The molecule has 170 valence electrons. The topological polar surface area (TPSA) is 88.2 Å². The Kier molecular flexibility index (Phi) is 5.67. The third-order valence-corrected chi connectivity index (χ3v) is 6.77. The summed E-state index contributed by atoms with van der Waals surface area (Å²) >= 11 is 1.29. The standard InChI is InChI=1S/C23H20FN3O5S/c24-16-4-2-1-3-15(16)11-27-22(29)21-17(7-8-33-21)26(23(27)30)12-20(28)25-10-14-5-6-18-19(9-14)32-13-31-18/h1-9,17,21H,10-13H2,(H,25,28). The lowest BCUT2D eigenvalue weighted by atomic mass is 10.1. The van der Waals surface area contributed by atoms with Crippen LogP contribution in [0.5, 0.6) is 11.5 Å². The van der Waals surface area contributed by atoms with Crippen LogP contribution in [0.3, 0.4) is 0 Å². The van der Waals surface area contributed by atoms with Gasteiger partial charge in [0, 0.05) is 12.1 Å². The maximum Gasteiger partial charge on any atom is 0.328 e. The van der Waals surface area contributed by atoms with E-state index in [0.29, 0.717) is 11.5 Å². The first-order valence-electron chi connectivity index (χ1n) is 10.3. The predicted octanol–water partition coefficient (Wildman–Crippen LogP) is 2.63. The van der Waals surface area contributed by atoms with Gasteiger partial charge < -0.3 is 19.7 Å². The number of nitrogens with one attached hydrogen (secondary N) is 1. The van der Waals surface area contributed by atoms with Crippen LogP contribution in [-0.4, -0.2) is 52.3 Å². The summed E-state index contributed by atoms with van der Waals surface area (Å²) in [6, 6.07) is 10.2. The van der Waals surface area contributed by atoms with Crippen LogP contribution < -0.4 is 14.8 Å². The Morgan fingerprint density at radius 3 is 2.82 bits per heavy atom. The highest BCUT2D eigenvalue weighted by Gasteiger charge is 2.47. The highest BCUT2D eigenvalue weighted by Crippen LogP contribution is 2.35. The fourth-order valence-electron chi connectivity index (χ4n) is 3.97. The number of amides is 4. The zero-order valence-electron chi connectivity index (χ0n) is 17.4. The maximum absolute atomic E-state index is 14.2. The largest absolute Gasteiger partial charge is 0.454 e. The van der Waals surface area contributed by atoms with Crippen molar-refractivity contribution in [1.29, 1.82) is 0 Å². The number of carbonyl (C=O) groups excluding carboxylic acids is 3. The van der Waals surface area contributed by atoms with Gasteiger partial charge in [0.2, 0.25) is 18.6 Å². The van der Waals surface area contributed by atoms with Gasteiger partial charge >= 0.3 is 6.03 Å². The molecule has 0 aliphatic carbocycles. The van der Waals surface area contributed by atoms with Crippen molar-refractivity contribution in [3.8, 4) is 11.5 Å². The lowest BCUT2D eigenvalue weighted by molar-refractivity contribution is -0.133. The summed E-state index contributed by atoms with van der Waals surface area (Å²) in [6.07, 6.45) is 1.75. The van der Waals surface area contributed by atoms with Crippen molar-refractivity contribution in [2.45, 2.75) is 24.4 Å². The quantitative estimate of drug-likeness (QED) is 0.700. The first-order valence-corrected chi connectivity index (χ1v) is 11.3. The molecule has 2 aromatic carbocycles. The molecule has 0 saturated carbocycles. The molecule has 8 nitrogen and oxygen atoms in total. The van der Waals surface area contributed by atoms with Crippen molar-refractivity contribution in [1.82, 2.24) is 15.1 Å². The molecule has 0 aromatic heterocycles. The van der Waals surface area contributed by atoms with E-state index < -0.39 is 23.1 Å². The summed E-state index contributed by atoms with van der Waals surface area (Å²) < 4.78 is 24.8. The number of carbonyl (C=O) groups is 3. The monoisotopic (exact) mass is 469 g/mol. The van der Waals surface area contributed by atoms with Crippen molar-refractivity contribution in [3.63, 3.8) is 0 Å². The fourth-order valence-corrected chi connectivity index (χ4v) is 5.03. The van der Waals surface area contributed by atoms with E-state index in [1.54, 1.807) is 35.7 Å². The summed E-state index contributed by atoms with van der Waals surface area (Å²) in [5.41, 5.74) is 1.06. The first-order chi connectivity index (χ1) is 16.0. The number of hydrogen-bond acceptors (Lipinski definition) is 6. The predicted molar refractivity (Wildman–Crippen MR) is 118 cm³/mol. The minimum atomic E-state index is -0.616. The van der Waals surface area contributed by atoms with E-state index in [1.165, 1.54) is 28.8 Å². The number of fused-ring (bicyclic) bond motifs is 2. The number of benzene rings is 2. The molecule has 2 unspecified atom stereocenters. The first kappa shape index (κ1) is 21.3. The van der Waals surface area contributed by atoms with Gasteiger partial charge in [-0.15, -0.1) is 11.8 Å². The molecule has 2 aromatic rings. The summed E-state index contributed by atoms with van der Waals surface area (Å²) in [5, 5.41) is 3.99. The highest BCUT2D eigenvalue weighted by molar-refractivity contribution is 8.03. The number of nitrogens with zero attached hydrogens (tertiary/aromatic N) is 2. The van der Waals surface area contributed by atoms with Crippen molar-refractivity contribution in [3.05, 3.63) is 70.9 Å². The zero-order valence-corrected chi connectivity index (χ0v) is 18.2. The molecule has 1 N–H and O–H groups in total. The number of urea groups is 1. The molecule has 4 amide bonds. The maximum atomic E-state index is 14.2. The van der Waals surface area contributed by atoms with Gasteiger partial charge in [-0.3, -0.25) is 14.5 Å². The number of ether oxygens (including phenoxy) is 2. The van der Waals surface area contributed by atoms with Crippen LogP contribution in [0.15, 0.2) is 53.9 Å². The SMILES string of the molecule is O=C(CN1C(=O)N(Cc2ccccc2F)C(=O)C2SC=CC21)NCc1ccc2c(c1)OCO2. The second-order valence-corrected chi connectivity index (χ2v) is 8.82. The van der Waals surface area contributed by atoms with Gasteiger partial charge in [-0.05, 0) is 29.2 Å². The van der Waals surface area contributed by atoms with Crippen LogP contribution >= 0.6 is 11.8 Å². The minimum absolute atomic E-state index is 0.165. The van der Waals surface area contributed by atoms with E-state index in [-0.39, 0.29) is 43.8 Å². The van der Waals surface area contributed by atoms with E-state index in [0.717, 1.165) is 10.5 Å². The molecular formula is C23H20FN3O5S. The zero-order chi connectivity index (χ0) is 22.9. The average Bonchev–Trinajstić information content (AvgIpc) is 3.48. The number of imide groups is 1. The molecule has 0 radical (unpaired) electrons. The Labute approximate surface area is 193 Å². The average molecular weight is 469 g/mol. The van der Waals surface area contributed by atoms with Crippen molar-refractivity contribution in [2.75, 3.05) is 13.3 Å². The molecule has 3 aliphatic heterocycles. The summed E-state index contributed by atoms with van der Waals surface area (Å²) in [7, 11) is 0. The second-order valence-electron chi connectivity index (χ2n) is 7.77. The van der Waals surface area contributed by atoms with Crippen LogP contribution in [0, 0.1) is 5.82 Å². The van der Waals surface area contributed by atoms with E-state index in [9.17, 15) is 18.8 Å². The van der Waals surface area contributed by atoms with Gasteiger partial charge in [0.25, 0.3) is 0 Å². The van der Waals surface area contributed by atoms with Crippen LogP contribution in [0.2, 0.25) is 0 Å². The summed E-state index contributed by atoms with van der Waals surface area (Å²) in [5.74, 6) is 0.0161. The molecule has 3 heterocycles. The van der Waals surface area contributed by atoms with Gasteiger partial charge in [0.1, 0.15) is 17.6 Å². The lowest BCUT2D eigenvalue weighted by Crippen LogP contribution is -2.62.